The Hall–Kier alpha value is -6.18. The molecule has 0 aliphatic rings. The summed E-state index contributed by atoms with van der Waals surface area (Å²) in [7, 11) is 0. The molecule has 8 aromatic carbocycles. The zero-order chi connectivity index (χ0) is 38.1. The molecular weight excluding hydrogens is 569 g/mol. The van der Waals surface area contributed by atoms with Gasteiger partial charge in [-0.1, -0.05) is 170 Å². The summed E-state index contributed by atoms with van der Waals surface area (Å²) < 4.78 is 80.2. The lowest BCUT2D eigenvalue weighted by molar-refractivity contribution is 0.633. The molecule has 1 heterocycles. The average molecular weight is 607 g/mol. The van der Waals surface area contributed by atoms with Crippen molar-refractivity contribution < 1.29 is 15.4 Å². The Balaban J connectivity index is 1.56. The third-order valence-corrected chi connectivity index (χ3v) is 8.74. The van der Waals surface area contributed by atoms with Gasteiger partial charge in [0.1, 0.15) is 11.3 Å². The molecule has 220 valence electrons. The van der Waals surface area contributed by atoms with Crippen LogP contribution in [-0.4, -0.2) is 0 Å². The molecule has 0 saturated carbocycles. The molecule has 0 unspecified atom stereocenters. The lowest BCUT2D eigenvalue weighted by Crippen LogP contribution is -1.92. The maximum absolute atomic E-state index is 9.52. The van der Waals surface area contributed by atoms with Crippen LogP contribution >= 0.6 is 0 Å². The van der Waals surface area contributed by atoms with E-state index >= 15 is 0 Å². The third kappa shape index (κ3) is 4.56. The van der Waals surface area contributed by atoms with Crippen LogP contribution in [0.5, 0.6) is 0 Å². The van der Waals surface area contributed by atoms with Crippen molar-refractivity contribution >= 4 is 32.5 Å². The van der Waals surface area contributed by atoms with Crippen molar-refractivity contribution in [2.75, 3.05) is 0 Å². The Morgan fingerprint density at radius 1 is 0.362 bits per heavy atom. The van der Waals surface area contributed by atoms with Crippen molar-refractivity contribution in [2.45, 2.75) is 0 Å². The van der Waals surface area contributed by atoms with E-state index < -0.39 is 24.2 Å². The van der Waals surface area contributed by atoms with Gasteiger partial charge >= 0.3 is 0 Å². The number of fused-ring (bicyclic) bond motifs is 3. The lowest BCUT2D eigenvalue weighted by Gasteiger charge is -2.18. The Bertz CT molecular complexity index is 2910. The van der Waals surface area contributed by atoms with E-state index in [9.17, 15) is 5.48 Å². The van der Waals surface area contributed by atoms with Crippen molar-refractivity contribution in [1.29, 1.82) is 0 Å². The molecule has 0 fully saturated rings. The average Bonchev–Trinajstić information content (AvgIpc) is 3.61. The van der Waals surface area contributed by atoms with Crippen LogP contribution < -0.4 is 0 Å². The van der Waals surface area contributed by atoms with E-state index in [1.807, 2.05) is 109 Å². The van der Waals surface area contributed by atoms with Gasteiger partial charge in [0.15, 0.2) is 0 Å². The molecule has 9 aromatic rings. The first-order valence-corrected chi connectivity index (χ1v) is 15.5. The smallest absolute Gasteiger partial charge is 0.143 e. The van der Waals surface area contributed by atoms with Gasteiger partial charge in [0.25, 0.3) is 0 Å². The van der Waals surface area contributed by atoms with Gasteiger partial charge in [-0.05, 0) is 67.1 Å². The molecule has 0 aliphatic carbocycles. The van der Waals surface area contributed by atoms with Gasteiger partial charge in [-0.15, -0.1) is 0 Å². The predicted octanol–water partition coefficient (Wildman–Crippen LogP) is 13.1. The van der Waals surface area contributed by atoms with Crippen LogP contribution in [0.3, 0.4) is 0 Å². The number of benzene rings is 8. The molecule has 1 nitrogen and oxygen atoms in total. The van der Waals surface area contributed by atoms with Crippen LogP contribution in [0.25, 0.3) is 88.3 Å². The van der Waals surface area contributed by atoms with E-state index in [0.29, 0.717) is 39.0 Å². The summed E-state index contributed by atoms with van der Waals surface area (Å²) in [4.78, 5) is 0. The fourth-order valence-corrected chi connectivity index (χ4v) is 6.66. The zero-order valence-corrected chi connectivity index (χ0v) is 25.1. The van der Waals surface area contributed by atoms with E-state index in [-0.39, 0.29) is 51.3 Å². The highest BCUT2D eigenvalue weighted by molar-refractivity contribution is 6.25. The number of hydrogen-bond acceptors (Lipinski definition) is 1. The maximum Gasteiger partial charge on any atom is 0.143 e. The fourth-order valence-electron chi connectivity index (χ4n) is 6.66. The van der Waals surface area contributed by atoms with Gasteiger partial charge in [-0.3, -0.25) is 0 Å². The molecule has 0 atom stereocenters. The highest BCUT2D eigenvalue weighted by Gasteiger charge is 2.25. The van der Waals surface area contributed by atoms with Crippen LogP contribution in [0.1, 0.15) is 11.0 Å². The van der Waals surface area contributed by atoms with Crippen molar-refractivity contribution in [3.05, 3.63) is 182 Å². The lowest BCUT2D eigenvalue weighted by atomic mass is 9.84. The van der Waals surface area contributed by atoms with Crippen LogP contribution in [-0.2, 0) is 0 Å². The summed E-state index contributed by atoms with van der Waals surface area (Å²) in [5.41, 5.74) is 6.42. The number of rotatable bonds is 5. The van der Waals surface area contributed by atoms with Crippen molar-refractivity contribution in [2.24, 2.45) is 0 Å². The first-order valence-electron chi connectivity index (χ1n) is 19.5. The van der Waals surface area contributed by atoms with Gasteiger partial charge in [0.2, 0.25) is 0 Å². The van der Waals surface area contributed by atoms with Crippen LogP contribution in [0, 0.1) is 0 Å². The third-order valence-electron chi connectivity index (χ3n) is 8.74. The minimum Gasteiger partial charge on any atom is -0.455 e. The molecule has 1 aromatic heterocycles. The topological polar surface area (TPSA) is 13.1 Å². The zero-order valence-electron chi connectivity index (χ0n) is 33.1. The second-order valence-electron chi connectivity index (χ2n) is 11.4. The Kier molecular flexibility index (Phi) is 4.83. The Labute approximate surface area is 285 Å². The standard InChI is InChI=1S/C46H30O/c1-4-16-31(17-5-1)34-28-29-41-42(30-34)47-46(40-27-15-10-22-35(40)32-18-6-2-7-19-32)45(41)44-38-25-13-11-23-36(38)43(33-20-8-3-9-21-33)37-24-12-14-26-39(37)44/h1-30H/i11D,12D,13D,14D,23D,24D,25D,26D. The molecule has 0 amide bonds. The summed E-state index contributed by atoms with van der Waals surface area (Å²) in [6, 6.07) is 39.3. The van der Waals surface area contributed by atoms with E-state index in [1.54, 1.807) is 24.3 Å². The highest BCUT2D eigenvalue weighted by Crippen LogP contribution is 2.51. The second-order valence-corrected chi connectivity index (χ2v) is 11.4. The first-order chi connectivity index (χ1) is 26.7. The number of hydrogen-bond donors (Lipinski definition) is 0. The van der Waals surface area contributed by atoms with E-state index in [0.717, 1.165) is 22.3 Å². The summed E-state index contributed by atoms with van der Waals surface area (Å²) in [6.07, 6.45) is 0. The largest absolute Gasteiger partial charge is 0.455 e. The van der Waals surface area contributed by atoms with Crippen LogP contribution in [0.2, 0.25) is 0 Å². The fraction of sp³-hybridized carbons (Fsp3) is 0. The molecule has 0 bridgehead atoms. The second kappa shape index (κ2) is 11.3. The quantitative estimate of drug-likeness (QED) is 0.178. The van der Waals surface area contributed by atoms with Gasteiger partial charge in [0.05, 0.1) is 11.0 Å². The van der Waals surface area contributed by atoms with Crippen LogP contribution in [0.15, 0.2) is 186 Å². The first kappa shape index (κ1) is 20.0. The highest BCUT2D eigenvalue weighted by atomic mass is 16.3. The minimum absolute atomic E-state index is 0.135. The molecule has 0 saturated heterocycles. The summed E-state index contributed by atoms with van der Waals surface area (Å²) in [5, 5.41) is 1.20. The van der Waals surface area contributed by atoms with E-state index in [2.05, 4.69) is 0 Å². The van der Waals surface area contributed by atoms with Gasteiger partial charge in [0, 0.05) is 22.1 Å². The SMILES string of the molecule is [2H]c1c([2H])c([2H])c2c(-c3c(-c4ccccc4-c4ccccc4)oc4cc(-c5ccccc5)ccc34)c3c([2H])c([2H])c([2H])c([2H])c3c(-c3ccccc3)c2c1[2H]. The van der Waals surface area contributed by atoms with Crippen LogP contribution in [0.4, 0.5) is 0 Å². The molecule has 0 N–H and O–H groups in total. The van der Waals surface area contributed by atoms with Crippen molar-refractivity contribution in [3.63, 3.8) is 0 Å². The summed E-state index contributed by atoms with van der Waals surface area (Å²) in [6.45, 7) is 0. The molecule has 0 aliphatic heterocycles. The van der Waals surface area contributed by atoms with Crippen molar-refractivity contribution in [3.8, 4) is 55.8 Å². The number of furan rings is 1. The van der Waals surface area contributed by atoms with Crippen molar-refractivity contribution in [1.82, 2.24) is 0 Å². The Morgan fingerprint density at radius 3 is 1.45 bits per heavy atom. The summed E-state index contributed by atoms with van der Waals surface area (Å²) in [5.74, 6) is 0.398. The molecule has 0 spiro atoms. The molecule has 1 heteroatoms. The van der Waals surface area contributed by atoms with E-state index in [1.165, 1.54) is 0 Å². The normalized spacial score (nSPS) is 13.8. The predicted molar refractivity (Wildman–Crippen MR) is 198 cm³/mol. The van der Waals surface area contributed by atoms with E-state index in [4.69, 9.17) is 9.90 Å². The van der Waals surface area contributed by atoms with Gasteiger partial charge < -0.3 is 4.42 Å². The molecule has 47 heavy (non-hydrogen) atoms. The molecule has 9 rings (SSSR count). The molecule has 0 radical (unpaired) electrons. The van der Waals surface area contributed by atoms with Gasteiger partial charge in [-0.2, -0.15) is 0 Å². The Morgan fingerprint density at radius 2 is 0.851 bits per heavy atom. The maximum atomic E-state index is 9.52. The molecular formula is C46H30O. The monoisotopic (exact) mass is 606 g/mol. The van der Waals surface area contributed by atoms with Gasteiger partial charge in [-0.25, -0.2) is 0 Å². The summed E-state index contributed by atoms with van der Waals surface area (Å²) >= 11 is 0. The minimum atomic E-state index is -0.455.